The maximum Gasteiger partial charge on any atom is 0.305 e. The lowest BCUT2D eigenvalue weighted by Gasteiger charge is -2.20. The van der Waals surface area contributed by atoms with Gasteiger partial charge in [-0.3, -0.25) is 9.59 Å². The Kier molecular flexibility index (Phi) is 4.71. The van der Waals surface area contributed by atoms with Gasteiger partial charge in [0.1, 0.15) is 6.04 Å². The van der Waals surface area contributed by atoms with Gasteiger partial charge in [-0.1, -0.05) is 6.08 Å². The first-order valence-electron chi connectivity index (χ1n) is 3.56. The highest BCUT2D eigenvalue weighted by Crippen LogP contribution is 2.00. The van der Waals surface area contributed by atoms with Crippen LogP contribution in [0.5, 0.6) is 0 Å². The third kappa shape index (κ3) is 4.24. The van der Waals surface area contributed by atoms with Crippen LogP contribution in [0.3, 0.4) is 0 Å². The van der Waals surface area contributed by atoms with E-state index in [2.05, 4.69) is 6.58 Å². The number of carboxylic acids is 1. The normalized spacial score (nSPS) is 12.5. The van der Waals surface area contributed by atoms with E-state index in [0.29, 0.717) is 5.06 Å². The summed E-state index contributed by atoms with van der Waals surface area (Å²) < 4.78 is 0. The Morgan fingerprint density at radius 2 is 2.15 bits per heavy atom. The van der Waals surface area contributed by atoms with E-state index >= 15 is 0 Å². The number of hydrogen-bond acceptors (Lipinski definition) is 4. The van der Waals surface area contributed by atoms with Crippen molar-refractivity contribution in [2.75, 3.05) is 6.54 Å². The third-order valence-corrected chi connectivity index (χ3v) is 1.37. The lowest BCUT2D eigenvalue weighted by Crippen LogP contribution is -2.44. The molecule has 0 radical (unpaired) electrons. The molecule has 0 aromatic rings. The van der Waals surface area contributed by atoms with Gasteiger partial charge in [0.25, 0.3) is 0 Å². The Balaban J connectivity index is 4.31. The SMILES string of the molecule is C=CCN(O)[C@@H](CC(=O)O)C(N)=O. The highest BCUT2D eigenvalue weighted by molar-refractivity contribution is 5.84. The summed E-state index contributed by atoms with van der Waals surface area (Å²) in [5, 5.41) is 18.0. The van der Waals surface area contributed by atoms with Crippen molar-refractivity contribution >= 4 is 11.9 Å². The van der Waals surface area contributed by atoms with Crippen LogP contribution >= 0.6 is 0 Å². The van der Waals surface area contributed by atoms with Crippen LogP contribution in [0, 0.1) is 0 Å². The second-order valence-corrected chi connectivity index (χ2v) is 2.43. The van der Waals surface area contributed by atoms with Gasteiger partial charge in [-0.2, -0.15) is 5.06 Å². The van der Waals surface area contributed by atoms with E-state index < -0.39 is 24.3 Å². The molecule has 6 nitrogen and oxygen atoms in total. The van der Waals surface area contributed by atoms with Crippen molar-refractivity contribution in [1.82, 2.24) is 5.06 Å². The van der Waals surface area contributed by atoms with Crippen LogP contribution in [-0.4, -0.2) is 39.8 Å². The molecule has 0 bridgehead atoms. The summed E-state index contributed by atoms with van der Waals surface area (Å²) in [5.41, 5.74) is 4.88. The number of rotatable bonds is 6. The Labute approximate surface area is 75.2 Å². The Morgan fingerprint density at radius 3 is 2.46 bits per heavy atom. The fourth-order valence-electron chi connectivity index (χ4n) is 0.778. The van der Waals surface area contributed by atoms with Crippen molar-refractivity contribution in [1.29, 1.82) is 0 Å². The summed E-state index contributed by atoms with van der Waals surface area (Å²) >= 11 is 0. The predicted molar refractivity (Wildman–Crippen MR) is 43.9 cm³/mol. The summed E-state index contributed by atoms with van der Waals surface area (Å²) in [5.74, 6) is -2.08. The van der Waals surface area contributed by atoms with E-state index in [1.54, 1.807) is 0 Å². The third-order valence-electron chi connectivity index (χ3n) is 1.37. The van der Waals surface area contributed by atoms with Gasteiger partial charge < -0.3 is 16.0 Å². The highest BCUT2D eigenvalue weighted by Gasteiger charge is 2.24. The number of hydroxylamine groups is 2. The van der Waals surface area contributed by atoms with Crippen LogP contribution in [0.4, 0.5) is 0 Å². The minimum absolute atomic E-state index is 0.0130. The molecular formula is C7H12N2O4. The summed E-state index contributed by atoms with van der Waals surface area (Å²) in [4.78, 5) is 20.9. The first-order valence-corrected chi connectivity index (χ1v) is 3.56. The Morgan fingerprint density at radius 1 is 1.62 bits per heavy atom. The van der Waals surface area contributed by atoms with Gasteiger partial charge in [0.15, 0.2) is 0 Å². The molecule has 0 unspecified atom stereocenters. The molecule has 0 rings (SSSR count). The molecule has 0 aliphatic rings. The van der Waals surface area contributed by atoms with Gasteiger partial charge in [0.2, 0.25) is 5.91 Å². The Bertz CT molecular complexity index is 217. The van der Waals surface area contributed by atoms with Gasteiger partial charge in [0.05, 0.1) is 6.42 Å². The van der Waals surface area contributed by atoms with Crippen molar-refractivity contribution < 1.29 is 19.9 Å². The number of hydrogen-bond donors (Lipinski definition) is 3. The molecule has 0 spiro atoms. The van der Waals surface area contributed by atoms with Crippen molar-refractivity contribution in [3.8, 4) is 0 Å². The number of primary amides is 1. The van der Waals surface area contributed by atoms with E-state index in [0.717, 1.165) is 0 Å². The maximum absolute atomic E-state index is 10.7. The van der Waals surface area contributed by atoms with E-state index in [1.165, 1.54) is 6.08 Å². The number of aliphatic carboxylic acids is 1. The average molecular weight is 188 g/mol. The number of nitrogens with zero attached hydrogens (tertiary/aromatic N) is 1. The van der Waals surface area contributed by atoms with Crippen LogP contribution in [0.15, 0.2) is 12.7 Å². The smallest absolute Gasteiger partial charge is 0.305 e. The summed E-state index contributed by atoms with van der Waals surface area (Å²) in [6, 6.07) is -1.21. The zero-order valence-corrected chi connectivity index (χ0v) is 7.01. The summed E-state index contributed by atoms with van der Waals surface area (Å²) in [7, 11) is 0. The van der Waals surface area contributed by atoms with Crippen molar-refractivity contribution in [2.24, 2.45) is 5.73 Å². The molecule has 1 amide bonds. The number of carboxylic acid groups (broad SMARTS) is 1. The molecule has 0 heterocycles. The molecule has 74 valence electrons. The molecule has 1 atom stereocenters. The summed E-state index contributed by atoms with van der Waals surface area (Å²) in [6.07, 6.45) is 0.803. The molecule has 4 N–H and O–H groups in total. The first kappa shape index (κ1) is 11.6. The number of carbonyl (C=O) groups excluding carboxylic acids is 1. The van der Waals surface area contributed by atoms with Crippen LogP contribution in [0.25, 0.3) is 0 Å². The first-order chi connectivity index (χ1) is 5.99. The minimum atomic E-state index is -1.21. The minimum Gasteiger partial charge on any atom is -0.481 e. The molecule has 0 aromatic heterocycles. The molecule has 6 heteroatoms. The standard InChI is InChI=1S/C7H12N2O4/c1-2-3-9(13)5(7(8)12)4-6(10)11/h2,5,13H,1,3-4H2,(H2,8,12)(H,10,11)/t5-/m0/s1. The second-order valence-electron chi connectivity index (χ2n) is 2.43. The molecule has 0 saturated carbocycles. The van der Waals surface area contributed by atoms with Gasteiger partial charge in [0, 0.05) is 6.54 Å². The zero-order chi connectivity index (χ0) is 10.4. The monoisotopic (exact) mass is 188 g/mol. The van der Waals surface area contributed by atoms with Gasteiger partial charge in [-0.05, 0) is 0 Å². The van der Waals surface area contributed by atoms with E-state index in [9.17, 15) is 9.59 Å². The van der Waals surface area contributed by atoms with E-state index in [-0.39, 0.29) is 6.54 Å². The second kappa shape index (κ2) is 5.28. The number of carbonyl (C=O) groups is 2. The van der Waals surface area contributed by atoms with Crippen molar-refractivity contribution in [3.05, 3.63) is 12.7 Å². The van der Waals surface area contributed by atoms with Crippen molar-refractivity contribution in [2.45, 2.75) is 12.5 Å². The van der Waals surface area contributed by atoms with Gasteiger partial charge >= 0.3 is 5.97 Å². The Hall–Kier alpha value is -1.40. The topological polar surface area (TPSA) is 104 Å². The molecule has 13 heavy (non-hydrogen) atoms. The molecule has 0 aromatic carbocycles. The fraction of sp³-hybridized carbons (Fsp3) is 0.429. The molecule has 0 fully saturated rings. The van der Waals surface area contributed by atoms with Crippen LogP contribution < -0.4 is 5.73 Å². The lowest BCUT2D eigenvalue weighted by molar-refractivity contribution is -0.159. The van der Waals surface area contributed by atoms with Crippen LogP contribution in [0.2, 0.25) is 0 Å². The molecule has 0 aliphatic carbocycles. The van der Waals surface area contributed by atoms with E-state index in [4.69, 9.17) is 16.0 Å². The maximum atomic E-state index is 10.7. The zero-order valence-electron chi connectivity index (χ0n) is 7.01. The largest absolute Gasteiger partial charge is 0.481 e. The highest BCUT2D eigenvalue weighted by atomic mass is 16.5. The predicted octanol–water partition coefficient (Wildman–Crippen LogP) is -0.808. The van der Waals surface area contributed by atoms with Gasteiger partial charge in [-0.25, -0.2) is 0 Å². The van der Waals surface area contributed by atoms with Crippen LogP contribution in [0.1, 0.15) is 6.42 Å². The van der Waals surface area contributed by atoms with Gasteiger partial charge in [-0.15, -0.1) is 6.58 Å². The molecule has 0 saturated heterocycles. The molecule has 0 aliphatic heterocycles. The number of nitrogens with two attached hydrogens (primary N) is 1. The lowest BCUT2D eigenvalue weighted by atomic mass is 10.2. The quantitative estimate of drug-likeness (QED) is 0.373. The molecular weight excluding hydrogens is 176 g/mol. The summed E-state index contributed by atoms with van der Waals surface area (Å²) in [6.45, 7) is 3.31. The average Bonchev–Trinajstić information content (AvgIpc) is 1.99. The van der Waals surface area contributed by atoms with Crippen LogP contribution in [-0.2, 0) is 9.59 Å². The van der Waals surface area contributed by atoms with Crippen molar-refractivity contribution in [3.63, 3.8) is 0 Å². The fourth-order valence-corrected chi connectivity index (χ4v) is 0.778. The number of amides is 1. The van der Waals surface area contributed by atoms with E-state index in [1.807, 2.05) is 0 Å².